The number of carbonyl (C=O) groups excluding carboxylic acids is 2. The first-order valence-corrected chi connectivity index (χ1v) is 9.06. The van der Waals surface area contributed by atoms with E-state index in [0.29, 0.717) is 17.2 Å². The van der Waals surface area contributed by atoms with Crippen molar-refractivity contribution in [1.82, 2.24) is 5.06 Å². The largest absolute Gasteiger partial charge is 0.423 e. The molecule has 0 unspecified atom stereocenters. The number of halogens is 3. The molecular weight excluding hydrogens is 417 g/mol. The van der Waals surface area contributed by atoms with Crippen LogP contribution in [0.3, 0.4) is 0 Å². The summed E-state index contributed by atoms with van der Waals surface area (Å²) in [4.78, 5) is 30.6. The molecule has 0 radical (unpaired) electrons. The van der Waals surface area contributed by atoms with E-state index in [1.54, 1.807) is 32.9 Å². The standard InChI is InChI=1S/C18H18Cl3NO5/c1-5-25-9-26-22-16(23)14(12-7-6-11(20)8-13(12)21)15(18(22,3)4)27-17(24)10(2)19/h6-8H,2,5,9H2,1,3-4H3. The minimum absolute atomic E-state index is 0.0278. The predicted octanol–water partition coefficient (Wildman–Crippen LogP) is 4.55. The number of hydroxylamine groups is 2. The van der Waals surface area contributed by atoms with Crippen molar-refractivity contribution in [3.8, 4) is 0 Å². The van der Waals surface area contributed by atoms with E-state index in [4.69, 9.17) is 49.1 Å². The topological polar surface area (TPSA) is 65.1 Å². The third-order valence-corrected chi connectivity index (χ3v) is 4.48. The van der Waals surface area contributed by atoms with Crippen LogP contribution in [0.15, 0.2) is 35.6 Å². The van der Waals surface area contributed by atoms with Crippen LogP contribution in [0.5, 0.6) is 0 Å². The van der Waals surface area contributed by atoms with Crippen LogP contribution in [-0.4, -0.2) is 35.9 Å². The zero-order valence-corrected chi connectivity index (χ0v) is 17.2. The fourth-order valence-corrected chi connectivity index (χ4v) is 3.04. The van der Waals surface area contributed by atoms with Gasteiger partial charge in [-0.15, -0.1) is 0 Å². The van der Waals surface area contributed by atoms with Gasteiger partial charge in [0.05, 0.1) is 10.6 Å². The number of carbonyl (C=O) groups is 2. The Bertz CT molecular complexity index is 819. The normalized spacial score (nSPS) is 16.1. The molecule has 0 N–H and O–H groups in total. The Hall–Kier alpha value is -1.57. The lowest BCUT2D eigenvalue weighted by atomic mass is 9.99. The van der Waals surface area contributed by atoms with E-state index < -0.39 is 17.4 Å². The third-order valence-electron chi connectivity index (χ3n) is 3.77. The average Bonchev–Trinajstić information content (AvgIpc) is 2.75. The number of esters is 1. The number of nitrogens with zero attached hydrogens (tertiary/aromatic N) is 1. The minimum atomic E-state index is -1.14. The molecule has 146 valence electrons. The van der Waals surface area contributed by atoms with Crippen molar-refractivity contribution in [1.29, 1.82) is 0 Å². The summed E-state index contributed by atoms with van der Waals surface area (Å²) in [5.41, 5.74) is -0.747. The van der Waals surface area contributed by atoms with E-state index in [2.05, 4.69) is 6.58 Å². The molecule has 0 saturated carbocycles. The van der Waals surface area contributed by atoms with Crippen molar-refractivity contribution < 1.29 is 23.9 Å². The monoisotopic (exact) mass is 433 g/mol. The zero-order valence-electron chi connectivity index (χ0n) is 15.0. The fourth-order valence-electron chi connectivity index (χ4n) is 2.50. The molecule has 27 heavy (non-hydrogen) atoms. The minimum Gasteiger partial charge on any atom is -0.423 e. The number of rotatable bonds is 7. The Morgan fingerprint density at radius 3 is 2.52 bits per heavy atom. The number of amides is 1. The smallest absolute Gasteiger partial charge is 0.354 e. The highest BCUT2D eigenvalue weighted by Gasteiger charge is 2.50. The second kappa shape index (κ2) is 8.63. The van der Waals surface area contributed by atoms with Gasteiger partial charge in [0.1, 0.15) is 16.3 Å². The predicted molar refractivity (Wildman–Crippen MR) is 103 cm³/mol. The molecule has 6 nitrogen and oxygen atoms in total. The lowest BCUT2D eigenvalue weighted by Gasteiger charge is -2.31. The average molecular weight is 435 g/mol. The number of ether oxygens (including phenoxy) is 2. The molecule has 1 aromatic carbocycles. The number of hydrogen-bond acceptors (Lipinski definition) is 5. The van der Waals surface area contributed by atoms with Gasteiger partial charge in [0.2, 0.25) is 0 Å². The van der Waals surface area contributed by atoms with E-state index >= 15 is 0 Å². The lowest BCUT2D eigenvalue weighted by Crippen LogP contribution is -2.44. The maximum Gasteiger partial charge on any atom is 0.354 e. The summed E-state index contributed by atoms with van der Waals surface area (Å²) >= 11 is 17.8. The number of hydrogen-bond donors (Lipinski definition) is 0. The van der Waals surface area contributed by atoms with Gasteiger partial charge in [0.15, 0.2) is 6.79 Å². The van der Waals surface area contributed by atoms with Crippen LogP contribution >= 0.6 is 34.8 Å². The van der Waals surface area contributed by atoms with Crippen LogP contribution in [-0.2, 0) is 23.9 Å². The molecule has 0 aliphatic carbocycles. The van der Waals surface area contributed by atoms with Crippen molar-refractivity contribution in [2.45, 2.75) is 26.3 Å². The van der Waals surface area contributed by atoms with Crippen LogP contribution in [0.25, 0.3) is 5.57 Å². The molecule has 0 aromatic heterocycles. The summed E-state index contributed by atoms with van der Waals surface area (Å²) in [6.07, 6.45) is 0. The van der Waals surface area contributed by atoms with E-state index in [1.807, 2.05) is 0 Å². The summed E-state index contributed by atoms with van der Waals surface area (Å²) in [5, 5.41) is 1.35. The summed E-state index contributed by atoms with van der Waals surface area (Å²) in [6, 6.07) is 4.61. The molecule has 1 aromatic rings. The molecular formula is C18H18Cl3NO5. The van der Waals surface area contributed by atoms with Crippen molar-refractivity contribution in [2.75, 3.05) is 13.4 Å². The van der Waals surface area contributed by atoms with Crippen LogP contribution in [0.4, 0.5) is 0 Å². The first-order valence-electron chi connectivity index (χ1n) is 7.93. The summed E-state index contributed by atoms with van der Waals surface area (Å²) in [5.74, 6) is -1.41. The van der Waals surface area contributed by atoms with Crippen molar-refractivity contribution in [3.05, 3.63) is 51.2 Å². The Labute approximate surface area is 172 Å². The molecule has 0 bridgehead atoms. The van der Waals surface area contributed by atoms with Crippen LogP contribution in [0.1, 0.15) is 26.3 Å². The van der Waals surface area contributed by atoms with Gasteiger partial charge in [-0.1, -0.05) is 47.4 Å². The maximum atomic E-state index is 13.1. The summed E-state index contributed by atoms with van der Waals surface area (Å²) in [6.45, 7) is 8.67. The highest BCUT2D eigenvalue weighted by atomic mass is 35.5. The Balaban J connectivity index is 2.57. The van der Waals surface area contributed by atoms with Gasteiger partial charge < -0.3 is 9.47 Å². The molecule has 1 aliphatic heterocycles. The zero-order chi connectivity index (χ0) is 20.4. The van der Waals surface area contributed by atoms with Crippen molar-refractivity contribution in [2.24, 2.45) is 0 Å². The molecule has 9 heteroatoms. The van der Waals surface area contributed by atoms with Gasteiger partial charge >= 0.3 is 5.97 Å². The van der Waals surface area contributed by atoms with Crippen molar-refractivity contribution in [3.63, 3.8) is 0 Å². The molecule has 1 aliphatic rings. The second-order valence-corrected chi connectivity index (χ2v) is 7.32. The van der Waals surface area contributed by atoms with Gasteiger partial charge in [-0.05, 0) is 32.9 Å². The molecule has 0 saturated heterocycles. The Kier molecular flexibility index (Phi) is 6.94. The maximum absolute atomic E-state index is 13.1. The van der Waals surface area contributed by atoms with Crippen LogP contribution < -0.4 is 0 Å². The second-order valence-electron chi connectivity index (χ2n) is 6.02. The lowest BCUT2D eigenvalue weighted by molar-refractivity contribution is -0.243. The van der Waals surface area contributed by atoms with Gasteiger partial charge in [-0.3, -0.25) is 4.79 Å². The van der Waals surface area contributed by atoms with E-state index in [-0.39, 0.29) is 28.2 Å². The molecule has 2 rings (SSSR count). The molecule has 0 fully saturated rings. The van der Waals surface area contributed by atoms with Crippen LogP contribution in [0.2, 0.25) is 10.0 Å². The van der Waals surface area contributed by atoms with E-state index in [0.717, 1.165) is 5.06 Å². The molecule has 1 amide bonds. The van der Waals surface area contributed by atoms with Gasteiger partial charge in [0, 0.05) is 17.2 Å². The van der Waals surface area contributed by atoms with Gasteiger partial charge in [-0.25, -0.2) is 14.7 Å². The number of benzene rings is 1. The van der Waals surface area contributed by atoms with Crippen molar-refractivity contribution >= 4 is 52.3 Å². The summed E-state index contributed by atoms with van der Waals surface area (Å²) in [7, 11) is 0. The molecule has 1 heterocycles. The highest BCUT2D eigenvalue weighted by Crippen LogP contribution is 2.43. The quantitative estimate of drug-likeness (QED) is 0.273. The molecule has 0 spiro atoms. The summed E-state index contributed by atoms with van der Waals surface area (Å²) < 4.78 is 10.5. The SMILES string of the molecule is C=C(Cl)C(=O)OC1=C(c2ccc(Cl)cc2Cl)C(=O)N(OCOCC)C1(C)C. The first-order chi connectivity index (χ1) is 12.6. The first kappa shape index (κ1) is 21.7. The van der Waals surface area contributed by atoms with Gasteiger partial charge in [0.25, 0.3) is 5.91 Å². The third kappa shape index (κ3) is 4.47. The van der Waals surface area contributed by atoms with Crippen LogP contribution in [0, 0.1) is 0 Å². The van der Waals surface area contributed by atoms with Gasteiger partial charge in [-0.2, -0.15) is 0 Å². The fraction of sp³-hybridized carbons (Fsp3) is 0.333. The Morgan fingerprint density at radius 2 is 1.96 bits per heavy atom. The van der Waals surface area contributed by atoms with E-state index in [9.17, 15) is 9.59 Å². The molecule has 0 atom stereocenters. The van der Waals surface area contributed by atoms with E-state index in [1.165, 1.54) is 6.07 Å². The Morgan fingerprint density at radius 1 is 1.30 bits per heavy atom. The highest BCUT2D eigenvalue weighted by molar-refractivity contribution is 6.41.